The highest BCUT2D eigenvalue weighted by Crippen LogP contribution is 2.27. The van der Waals surface area contributed by atoms with Crippen LogP contribution in [0.4, 0.5) is 0 Å². The maximum Gasteiger partial charge on any atom is 0.233 e. The first-order chi connectivity index (χ1) is 41.5. The monoisotopic (exact) mass is 1130 g/mol. The van der Waals surface area contributed by atoms with E-state index in [4.69, 9.17) is 0 Å². The number of rotatable bonds is 3. The van der Waals surface area contributed by atoms with E-state index < -0.39 is 34.7 Å². The predicted molar refractivity (Wildman–Crippen MR) is 321 cm³/mol. The van der Waals surface area contributed by atoms with Crippen molar-refractivity contribution in [2.45, 2.75) is 0 Å². The van der Waals surface area contributed by atoms with Crippen molar-refractivity contribution in [3.05, 3.63) is 340 Å². The fourth-order valence-electron chi connectivity index (χ4n) is 8.14. The lowest BCUT2D eigenvalue weighted by molar-refractivity contribution is -0.131. The average Bonchev–Trinajstić information content (AvgIpc) is 1.23. The van der Waals surface area contributed by atoms with Crippen LogP contribution in [0.1, 0.15) is 89.2 Å². The summed E-state index contributed by atoms with van der Waals surface area (Å²) in [4.78, 5) is 155. The Labute approximate surface area is 492 Å². The summed E-state index contributed by atoms with van der Waals surface area (Å²) in [5, 5.41) is 0. The average molecular weight is 1140 g/mol. The second kappa shape index (κ2) is 30.1. The number of Topliss-reactive ketones (excluding diaryl/α,β-unsaturated/α-hetero) is 3. The molecule has 0 radical (unpaired) electrons. The summed E-state index contributed by atoms with van der Waals surface area (Å²) in [6.07, 6.45) is 29.3. The number of ketones is 14. The number of allylic oxidation sites excluding steroid dienone is 21. The fraction of sp³-hybridized carbons (Fsp3) is 0. The number of carbonyl (C=O) groups is 14. The number of carbonyl (C=O) groups excluding carboxylic acids is 14. The molecule has 0 spiro atoms. The van der Waals surface area contributed by atoms with Gasteiger partial charge >= 0.3 is 0 Å². The highest BCUT2D eigenvalue weighted by atomic mass is 16.2. The molecule has 0 atom stereocenters. The lowest BCUT2D eigenvalue weighted by atomic mass is 9.84. The lowest BCUT2D eigenvalue weighted by Gasteiger charge is -2.16. The maximum absolute atomic E-state index is 12.1. The topological polar surface area (TPSA) is 239 Å². The van der Waals surface area contributed by atoms with E-state index in [0.29, 0.717) is 50.1 Å². The molecule has 14 heteroatoms. The van der Waals surface area contributed by atoms with Crippen molar-refractivity contribution in [2.24, 2.45) is 0 Å². The fourth-order valence-corrected chi connectivity index (χ4v) is 8.14. The Hall–Kier alpha value is -12.2. The quantitative estimate of drug-likeness (QED) is 0.0692. The molecular formula is C72H46O14. The SMILES string of the molecule is O=C(C(=O)c1ccccc1)c1ccccc1.O=C1C=CC(=C2C=CC(=O)C=C2)C=C1.O=C1C=CC(=O)C=C1.O=C1C=CC(=O)c2ccccc21.O=C1C=CC=CC1=O.O=C1C=Cc2ccccc2C1=O.O=C1c2ccccc2C(=O)c2ccccc21. The van der Waals surface area contributed by atoms with Crippen molar-refractivity contribution in [3.8, 4) is 0 Å². The Morgan fingerprint density at radius 3 is 0.826 bits per heavy atom. The maximum atomic E-state index is 12.1. The third-order valence-electron chi connectivity index (χ3n) is 12.5. The van der Waals surface area contributed by atoms with Gasteiger partial charge in [0.25, 0.3) is 0 Å². The van der Waals surface area contributed by atoms with Crippen LogP contribution in [0.15, 0.2) is 284 Å². The molecular weight excluding hydrogens is 1090 g/mol. The Balaban J connectivity index is 0.000000145. The first-order valence-corrected chi connectivity index (χ1v) is 26.1. The van der Waals surface area contributed by atoms with Gasteiger partial charge in [0.15, 0.2) is 46.3 Å². The molecule has 0 fully saturated rings. The van der Waals surface area contributed by atoms with Gasteiger partial charge in [-0.25, -0.2) is 0 Å². The van der Waals surface area contributed by atoms with E-state index in [1.165, 1.54) is 79.0 Å². The molecule has 418 valence electrons. The highest BCUT2D eigenvalue weighted by Gasteiger charge is 2.28. The molecule has 0 saturated carbocycles. The van der Waals surface area contributed by atoms with Gasteiger partial charge in [0.2, 0.25) is 34.7 Å². The number of fused-ring (bicyclic) bond motifs is 4. The van der Waals surface area contributed by atoms with E-state index in [-0.39, 0.29) is 46.3 Å². The van der Waals surface area contributed by atoms with Crippen molar-refractivity contribution in [1.29, 1.82) is 0 Å². The zero-order valence-corrected chi connectivity index (χ0v) is 45.3. The summed E-state index contributed by atoms with van der Waals surface area (Å²) in [5.74, 6) is -3.22. The summed E-state index contributed by atoms with van der Waals surface area (Å²) >= 11 is 0. The van der Waals surface area contributed by atoms with Gasteiger partial charge < -0.3 is 0 Å². The van der Waals surface area contributed by atoms with Gasteiger partial charge in [-0.2, -0.15) is 0 Å². The van der Waals surface area contributed by atoms with Crippen LogP contribution in [0.25, 0.3) is 6.08 Å². The van der Waals surface area contributed by atoms with Crippen LogP contribution in [0.3, 0.4) is 0 Å². The first-order valence-electron chi connectivity index (χ1n) is 26.1. The number of hydrogen-bond acceptors (Lipinski definition) is 14. The zero-order valence-electron chi connectivity index (χ0n) is 45.3. The third-order valence-corrected chi connectivity index (χ3v) is 12.5. The van der Waals surface area contributed by atoms with E-state index in [0.717, 1.165) is 16.7 Å². The smallest absolute Gasteiger partial charge is 0.233 e. The third kappa shape index (κ3) is 16.7. The minimum Gasteiger partial charge on any atom is -0.290 e. The lowest BCUT2D eigenvalue weighted by Crippen LogP contribution is -2.20. The van der Waals surface area contributed by atoms with Crippen molar-refractivity contribution < 1.29 is 67.1 Å². The Bertz CT molecular complexity index is 3840. The summed E-state index contributed by atoms with van der Waals surface area (Å²) in [6.45, 7) is 0. The van der Waals surface area contributed by atoms with Crippen LogP contribution < -0.4 is 0 Å². The van der Waals surface area contributed by atoms with E-state index in [1.54, 1.807) is 176 Å². The second-order valence-electron chi connectivity index (χ2n) is 18.3. The number of benzene rings is 6. The van der Waals surface area contributed by atoms with Crippen molar-refractivity contribution in [2.75, 3.05) is 0 Å². The first kappa shape index (κ1) is 61.5. The summed E-state index contributed by atoms with van der Waals surface area (Å²) in [6, 6.07) is 45.0. The largest absolute Gasteiger partial charge is 0.290 e. The van der Waals surface area contributed by atoms with E-state index in [1.807, 2.05) is 24.3 Å². The molecule has 0 bridgehead atoms. The minimum absolute atomic E-state index is 0.00537. The van der Waals surface area contributed by atoms with Gasteiger partial charge in [-0.15, -0.1) is 0 Å². The van der Waals surface area contributed by atoms with Gasteiger partial charge in [-0.1, -0.05) is 200 Å². The predicted octanol–water partition coefficient (Wildman–Crippen LogP) is 10.5. The molecule has 0 unspecified atom stereocenters. The van der Waals surface area contributed by atoms with Gasteiger partial charge in [0.05, 0.1) is 0 Å². The molecule has 7 aliphatic carbocycles. The summed E-state index contributed by atoms with van der Waals surface area (Å²) < 4.78 is 0. The van der Waals surface area contributed by atoms with E-state index in [9.17, 15) is 67.1 Å². The summed E-state index contributed by atoms with van der Waals surface area (Å²) in [5.41, 5.74) is 7.11. The molecule has 0 N–H and O–H groups in total. The van der Waals surface area contributed by atoms with Crippen molar-refractivity contribution in [3.63, 3.8) is 0 Å². The summed E-state index contributed by atoms with van der Waals surface area (Å²) in [7, 11) is 0. The molecule has 13 rings (SSSR count). The normalized spacial score (nSPS) is 14.8. The molecule has 86 heavy (non-hydrogen) atoms. The second-order valence-corrected chi connectivity index (χ2v) is 18.3. The van der Waals surface area contributed by atoms with E-state index in [2.05, 4.69) is 0 Å². The van der Waals surface area contributed by atoms with Crippen LogP contribution in [-0.4, -0.2) is 81.0 Å². The van der Waals surface area contributed by atoms with Crippen molar-refractivity contribution >= 4 is 87.0 Å². The number of hydrogen-bond donors (Lipinski definition) is 0. The molecule has 6 aromatic carbocycles. The van der Waals surface area contributed by atoms with Crippen LogP contribution in [-0.2, 0) is 33.6 Å². The highest BCUT2D eigenvalue weighted by molar-refractivity contribution is 6.50. The van der Waals surface area contributed by atoms with E-state index >= 15 is 0 Å². The standard InChI is InChI=1S/C14H8O2.C14H10O2.C12H8O2.2C10H6O2.2C6H4O2/c15-13-9-5-1-2-6-10(9)14(16)12-8-4-3-7-11(12)13;15-13(11-7-3-1-4-8-11)14(16)12-9-5-2-6-10-12;13-11-5-1-9(2-6-11)10-3-7-12(14)8-4-10;11-9-5-6-10(12)8-4-2-1-3-7(8)9;11-9-6-5-7-3-1-2-4-8(7)10(9)12;7-5-1-2-6(8)4-3-5;7-5-3-1-2-4-6(5)8/h1-8H;1-10H;1-8H;2*1-6H;2*1-4H. The molecule has 0 amide bonds. The molecule has 0 aliphatic heterocycles. The minimum atomic E-state index is -0.466. The van der Waals surface area contributed by atoms with Crippen LogP contribution in [0, 0.1) is 0 Å². The molecule has 6 aromatic rings. The Morgan fingerprint density at radius 1 is 0.209 bits per heavy atom. The Morgan fingerprint density at radius 2 is 0.488 bits per heavy atom. The van der Waals surface area contributed by atoms with Gasteiger partial charge in [-0.05, 0) is 95.7 Å². The molecule has 0 aromatic heterocycles. The molecule has 0 heterocycles. The Kier molecular flexibility index (Phi) is 21.5. The zero-order chi connectivity index (χ0) is 61.5. The van der Waals surface area contributed by atoms with Crippen LogP contribution in [0.5, 0.6) is 0 Å². The molecule has 0 saturated heterocycles. The van der Waals surface area contributed by atoms with Gasteiger partial charge in [0.1, 0.15) is 0 Å². The molecule has 14 nitrogen and oxygen atoms in total. The van der Waals surface area contributed by atoms with Crippen molar-refractivity contribution in [1.82, 2.24) is 0 Å². The van der Waals surface area contributed by atoms with Crippen LogP contribution in [0.2, 0.25) is 0 Å². The molecule has 7 aliphatic rings. The van der Waals surface area contributed by atoms with Gasteiger partial charge in [-0.3, -0.25) is 67.1 Å². The van der Waals surface area contributed by atoms with Crippen LogP contribution >= 0.6 is 0 Å². The van der Waals surface area contributed by atoms with Gasteiger partial charge in [0, 0.05) is 50.1 Å².